The molecule has 1 heterocycles. The van der Waals surface area contributed by atoms with Gasteiger partial charge in [0, 0.05) is 18.5 Å². The highest BCUT2D eigenvalue weighted by molar-refractivity contribution is 6.30. The first-order valence-electron chi connectivity index (χ1n) is 6.56. The van der Waals surface area contributed by atoms with E-state index in [9.17, 15) is 13.6 Å². The Balaban J connectivity index is 2.31. The van der Waals surface area contributed by atoms with Crippen LogP contribution in [0.3, 0.4) is 0 Å². The molecule has 0 aliphatic carbocycles. The van der Waals surface area contributed by atoms with Crippen LogP contribution in [0, 0.1) is 11.6 Å². The number of hydrogen-bond acceptors (Lipinski definition) is 1. The van der Waals surface area contributed by atoms with Crippen molar-refractivity contribution in [2.24, 2.45) is 0 Å². The van der Waals surface area contributed by atoms with Gasteiger partial charge < -0.3 is 4.90 Å². The first-order chi connectivity index (χ1) is 9.54. The van der Waals surface area contributed by atoms with Gasteiger partial charge in [-0.25, -0.2) is 8.78 Å². The highest BCUT2D eigenvalue weighted by atomic mass is 35.5. The number of benzene rings is 1. The normalized spacial score (nSPS) is 19.8. The van der Waals surface area contributed by atoms with Crippen molar-refractivity contribution in [2.75, 3.05) is 12.4 Å². The molecule has 1 fully saturated rings. The van der Waals surface area contributed by atoms with Crippen molar-refractivity contribution in [3.05, 3.63) is 34.4 Å². The maximum absolute atomic E-state index is 13.8. The summed E-state index contributed by atoms with van der Waals surface area (Å²) in [4.78, 5) is 14.0. The summed E-state index contributed by atoms with van der Waals surface area (Å²) < 4.78 is 27.3. The van der Waals surface area contributed by atoms with Crippen LogP contribution >= 0.6 is 23.2 Å². The Kier molecular flexibility index (Phi) is 5.22. The molecule has 1 unspecified atom stereocenters. The summed E-state index contributed by atoms with van der Waals surface area (Å²) in [5.74, 6) is -1.83. The molecule has 6 heteroatoms. The number of halogens is 4. The molecule has 0 radical (unpaired) electrons. The zero-order chi connectivity index (χ0) is 14.7. The molecule has 2 nitrogen and oxygen atoms in total. The van der Waals surface area contributed by atoms with Gasteiger partial charge in [-0.05, 0) is 25.0 Å². The molecule has 0 aromatic heterocycles. The van der Waals surface area contributed by atoms with Gasteiger partial charge in [-0.3, -0.25) is 4.79 Å². The first-order valence-corrected chi connectivity index (χ1v) is 7.47. The molecule has 1 amide bonds. The zero-order valence-electron chi connectivity index (χ0n) is 10.8. The first kappa shape index (κ1) is 15.5. The fourth-order valence-electron chi connectivity index (χ4n) is 2.45. The lowest BCUT2D eigenvalue weighted by molar-refractivity contribution is 0.0695. The lowest BCUT2D eigenvalue weighted by atomic mass is 10.1. The Hall–Kier alpha value is -0.870. The van der Waals surface area contributed by atoms with E-state index in [0.717, 1.165) is 37.8 Å². The van der Waals surface area contributed by atoms with Crippen molar-refractivity contribution in [1.29, 1.82) is 0 Å². The maximum atomic E-state index is 13.8. The quantitative estimate of drug-likeness (QED) is 0.589. The monoisotopic (exact) mass is 321 g/mol. The maximum Gasteiger partial charge on any atom is 0.257 e. The largest absolute Gasteiger partial charge is 0.334 e. The van der Waals surface area contributed by atoms with Crippen LogP contribution in [0.5, 0.6) is 0 Å². The molecule has 1 aromatic rings. The minimum atomic E-state index is -0.807. The molecule has 0 N–H and O–H groups in total. The lowest BCUT2D eigenvalue weighted by Crippen LogP contribution is -2.41. The van der Waals surface area contributed by atoms with Crippen LogP contribution < -0.4 is 0 Å². The molecule has 1 saturated heterocycles. The fourth-order valence-corrected chi connectivity index (χ4v) is 2.92. The van der Waals surface area contributed by atoms with Crippen molar-refractivity contribution < 1.29 is 13.6 Å². The van der Waals surface area contributed by atoms with Crippen molar-refractivity contribution >= 4 is 29.1 Å². The number of nitrogens with zero attached hydrogens (tertiary/aromatic N) is 1. The fraction of sp³-hybridized carbons (Fsp3) is 0.500. The molecule has 0 spiro atoms. The third kappa shape index (κ3) is 3.23. The smallest absolute Gasteiger partial charge is 0.257 e. The van der Waals surface area contributed by atoms with E-state index in [2.05, 4.69) is 0 Å². The van der Waals surface area contributed by atoms with Crippen LogP contribution in [0.25, 0.3) is 0 Å². The standard InChI is InChI=1S/C14H15Cl2F2NO/c15-8-9-4-2-1-3-5-19(9)14(20)10-6-13(18)11(16)7-12(10)17/h6-7,9H,1-5,8H2. The van der Waals surface area contributed by atoms with Crippen LogP contribution in [0.4, 0.5) is 8.78 Å². The number of hydrogen-bond donors (Lipinski definition) is 0. The second-order valence-electron chi connectivity index (χ2n) is 4.90. The Bertz CT molecular complexity index is 510. The molecule has 2 rings (SSSR count). The summed E-state index contributed by atoms with van der Waals surface area (Å²) in [6, 6.07) is 1.55. The molecule has 0 saturated carbocycles. The van der Waals surface area contributed by atoms with Gasteiger partial charge in [-0.2, -0.15) is 0 Å². The van der Waals surface area contributed by atoms with E-state index in [1.807, 2.05) is 0 Å². The van der Waals surface area contributed by atoms with Gasteiger partial charge in [0.25, 0.3) is 5.91 Å². The number of likely N-dealkylation sites (tertiary alicyclic amines) is 1. The Morgan fingerprint density at radius 3 is 2.70 bits per heavy atom. The zero-order valence-corrected chi connectivity index (χ0v) is 12.4. The third-order valence-electron chi connectivity index (χ3n) is 3.56. The van der Waals surface area contributed by atoms with Gasteiger partial charge in [0.1, 0.15) is 11.6 Å². The summed E-state index contributed by atoms with van der Waals surface area (Å²) >= 11 is 11.4. The van der Waals surface area contributed by atoms with E-state index < -0.39 is 17.5 Å². The second-order valence-corrected chi connectivity index (χ2v) is 5.62. The minimum absolute atomic E-state index is 0.134. The van der Waals surface area contributed by atoms with E-state index in [1.54, 1.807) is 4.90 Å². The van der Waals surface area contributed by atoms with E-state index in [4.69, 9.17) is 23.2 Å². The molecule has 1 aliphatic heterocycles. The molecule has 20 heavy (non-hydrogen) atoms. The number of carbonyl (C=O) groups excluding carboxylic acids is 1. The van der Waals surface area contributed by atoms with Gasteiger partial charge in [0.2, 0.25) is 0 Å². The highest BCUT2D eigenvalue weighted by Gasteiger charge is 2.28. The molecule has 1 aromatic carbocycles. The van der Waals surface area contributed by atoms with Gasteiger partial charge >= 0.3 is 0 Å². The molecular weight excluding hydrogens is 307 g/mol. The van der Waals surface area contributed by atoms with Crippen LogP contribution in [0.2, 0.25) is 5.02 Å². The Labute approximate surface area is 126 Å². The van der Waals surface area contributed by atoms with Crippen LogP contribution in [0.1, 0.15) is 36.0 Å². The van der Waals surface area contributed by atoms with E-state index >= 15 is 0 Å². The summed E-state index contributed by atoms with van der Waals surface area (Å²) in [6.45, 7) is 0.514. The van der Waals surface area contributed by atoms with Crippen LogP contribution in [-0.4, -0.2) is 29.3 Å². The minimum Gasteiger partial charge on any atom is -0.334 e. The van der Waals surface area contributed by atoms with Gasteiger partial charge in [0.05, 0.1) is 10.6 Å². The summed E-state index contributed by atoms with van der Waals surface area (Å²) in [5, 5.41) is -0.330. The molecule has 1 atom stereocenters. The summed E-state index contributed by atoms with van der Waals surface area (Å²) in [6.07, 6.45) is 3.62. The second kappa shape index (κ2) is 6.72. The number of alkyl halides is 1. The average Bonchev–Trinajstić information content (AvgIpc) is 2.67. The van der Waals surface area contributed by atoms with E-state index in [-0.39, 0.29) is 16.6 Å². The molecule has 110 valence electrons. The summed E-state index contributed by atoms with van der Waals surface area (Å²) in [7, 11) is 0. The summed E-state index contributed by atoms with van der Waals surface area (Å²) in [5.41, 5.74) is -0.288. The third-order valence-corrected chi connectivity index (χ3v) is 4.20. The van der Waals surface area contributed by atoms with Crippen molar-refractivity contribution in [3.8, 4) is 0 Å². The number of carbonyl (C=O) groups is 1. The molecular formula is C14H15Cl2F2NO. The SMILES string of the molecule is O=C(c1cc(F)c(Cl)cc1F)N1CCCCCC1CCl. The number of amides is 1. The van der Waals surface area contributed by atoms with Gasteiger partial charge in [-0.1, -0.05) is 24.4 Å². The van der Waals surface area contributed by atoms with E-state index in [1.165, 1.54) is 0 Å². The lowest BCUT2D eigenvalue weighted by Gasteiger charge is -2.28. The van der Waals surface area contributed by atoms with Crippen molar-refractivity contribution in [1.82, 2.24) is 4.90 Å². The van der Waals surface area contributed by atoms with Gasteiger partial charge in [0.15, 0.2) is 0 Å². The van der Waals surface area contributed by atoms with Crippen LogP contribution in [0.15, 0.2) is 12.1 Å². The topological polar surface area (TPSA) is 20.3 Å². The Morgan fingerprint density at radius 1 is 1.25 bits per heavy atom. The van der Waals surface area contributed by atoms with E-state index in [0.29, 0.717) is 12.4 Å². The van der Waals surface area contributed by atoms with Crippen molar-refractivity contribution in [3.63, 3.8) is 0 Å². The Morgan fingerprint density at radius 2 is 2.00 bits per heavy atom. The number of rotatable bonds is 2. The average molecular weight is 322 g/mol. The highest BCUT2D eigenvalue weighted by Crippen LogP contribution is 2.24. The van der Waals surface area contributed by atoms with Crippen molar-refractivity contribution in [2.45, 2.75) is 31.7 Å². The molecule has 1 aliphatic rings. The van der Waals surface area contributed by atoms with Gasteiger partial charge in [-0.15, -0.1) is 11.6 Å². The van der Waals surface area contributed by atoms with Crippen LogP contribution in [-0.2, 0) is 0 Å². The predicted molar refractivity (Wildman–Crippen MR) is 75.4 cm³/mol. The predicted octanol–water partition coefficient (Wildman–Crippen LogP) is 4.24. The molecule has 0 bridgehead atoms.